The number of hydrogen-bond donors (Lipinski definition) is 1. The molecule has 0 radical (unpaired) electrons. The zero-order valence-electron chi connectivity index (χ0n) is 17.1. The monoisotopic (exact) mass is 425 g/mol. The molecule has 0 aliphatic carbocycles. The van der Waals surface area contributed by atoms with Crippen molar-refractivity contribution in [3.63, 3.8) is 0 Å². The number of hydrogen-bond acceptors (Lipinski definition) is 5. The van der Waals surface area contributed by atoms with Crippen LogP contribution in [0.1, 0.15) is 39.1 Å². The van der Waals surface area contributed by atoms with Crippen LogP contribution in [0, 0.1) is 6.92 Å². The van der Waals surface area contributed by atoms with E-state index in [4.69, 9.17) is 0 Å². The van der Waals surface area contributed by atoms with Crippen LogP contribution in [0.2, 0.25) is 0 Å². The Morgan fingerprint density at radius 1 is 1.17 bits per heavy atom. The van der Waals surface area contributed by atoms with Gasteiger partial charge in [0, 0.05) is 34.7 Å². The molecule has 0 aliphatic rings. The molecule has 0 unspecified atom stereocenters. The molecule has 1 heterocycles. The summed E-state index contributed by atoms with van der Waals surface area (Å²) in [5.41, 5.74) is 4.16. The van der Waals surface area contributed by atoms with Crippen molar-refractivity contribution in [1.29, 1.82) is 0 Å². The normalized spacial score (nSPS) is 11.0. The summed E-state index contributed by atoms with van der Waals surface area (Å²) in [6, 6.07) is 16.2. The number of thiazole rings is 1. The van der Waals surface area contributed by atoms with Crippen molar-refractivity contribution < 1.29 is 4.79 Å². The Hall–Kier alpha value is -2.15. The molecule has 152 valence electrons. The quantitative estimate of drug-likeness (QED) is 0.483. The second-order valence-corrected chi connectivity index (χ2v) is 9.11. The Morgan fingerprint density at radius 2 is 1.93 bits per heavy atom. The summed E-state index contributed by atoms with van der Waals surface area (Å²) in [7, 11) is 2.11. The van der Waals surface area contributed by atoms with Crippen LogP contribution in [0.15, 0.2) is 58.8 Å². The number of benzene rings is 2. The molecule has 6 heteroatoms. The zero-order chi connectivity index (χ0) is 20.6. The van der Waals surface area contributed by atoms with Gasteiger partial charge in [0.25, 0.3) is 5.91 Å². The van der Waals surface area contributed by atoms with Crippen molar-refractivity contribution >= 4 is 29.0 Å². The summed E-state index contributed by atoms with van der Waals surface area (Å²) in [6.07, 6.45) is 0. The molecule has 0 atom stereocenters. The van der Waals surface area contributed by atoms with Crippen molar-refractivity contribution in [3.8, 4) is 0 Å². The average molecular weight is 426 g/mol. The maximum Gasteiger partial charge on any atom is 0.251 e. The SMILES string of the molecule is CCN(C)Cc1cccc(CNC(=O)c2ccc(SCc3csc(C)n3)cc2)c1. The van der Waals surface area contributed by atoms with Crippen molar-refractivity contribution in [1.82, 2.24) is 15.2 Å². The van der Waals surface area contributed by atoms with Gasteiger partial charge in [0.15, 0.2) is 0 Å². The first kappa shape index (κ1) is 21.6. The largest absolute Gasteiger partial charge is 0.348 e. The fraction of sp³-hybridized carbons (Fsp3) is 0.304. The van der Waals surface area contributed by atoms with E-state index in [-0.39, 0.29) is 5.91 Å². The third-order valence-electron chi connectivity index (χ3n) is 4.61. The van der Waals surface area contributed by atoms with Crippen LogP contribution in [0.3, 0.4) is 0 Å². The van der Waals surface area contributed by atoms with Gasteiger partial charge in [-0.3, -0.25) is 4.79 Å². The van der Waals surface area contributed by atoms with Gasteiger partial charge in [-0.05, 0) is 55.9 Å². The lowest BCUT2D eigenvalue weighted by atomic mass is 10.1. The second-order valence-electron chi connectivity index (χ2n) is 7.00. The number of aromatic nitrogens is 1. The minimum absolute atomic E-state index is 0.0484. The van der Waals surface area contributed by atoms with E-state index in [9.17, 15) is 4.79 Å². The lowest BCUT2D eigenvalue weighted by Gasteiger charge is -2.14. The zero-order valence-corrected chi connectivity index (χ0v) is 18.8. The molecule has 0 spiro atoms. The molecule has 0 saturated carbocycles. The lowest BCUT2D eigenvalue weighted by Crippen LogP contribution is -2.23. The van der Waals surface area contributed by atoms with Crippen LogP contribution in [0.5, 0.6) is 0 Å². The number of rotatable bonds is 9. The number of nitrogens with zero attached hydrogens (tertiary/aromatic N) is 2. The third-order valence-corrected chi connectivity index (χ3v) is 6.47. The Bertz CT molecular complexity index is 937. The van der Waals surface area contributed by atoms with Crippen LogP contribution in [-0.4, -0.2) is 29.4 Å². The number of carbonyl (C=O) groups excluding carboxylic acids is 1. The van der Waals surface area contributed by atoms with E-state index in [1.807, 2.05) is 31.2 Å². The molecule has 0 bridgehead atoms. The smallest absolute Gasteiger partial charge is 0.251 e. The minimum Gasteiger partial charge on any atom is -0.348 e. The van der Waals surface area contributed by atoms with Gasteiger partial charge in [-0.25, -0.2) is 4.98 Å². The lowest BCUT2D eigenvalue weighted by molar-refractivity contribution is 0.0951. The summed E-state index contributed by atoms with van der Waals surface area (Å²) in [5, 5.41) is 6.21. The first-order chi connectivity index (χ1) is 14.0. The van der Waals surface area contributed by atoms with Gasteiger partial charge >= 0.3 is 0 Å². The number of thioether (sulfide) groups is 1. The predicted octanol–water partition coefficient (Wildman–Crippen LogP) is 5.13. The second kappa shape index (κ2) is 10.6. The minimum atomic E-state index is -0.0484. The maximum atomic E-state index is 12.5. The van der Waals surface area contributed by atoms with E-state index < -0.39 is 0 Å². The standard InChI is InChI=1S/C23H27N3OS2/c1-4-26(3)14-19-7-5-6-18(12-19)13-24-23(27)20-8-10-22(11-9-20)29-16-21-15-28-17(2)25-21/h5-12,15H,4,13-14,16H2,1-3H3,(H,24,27). The average Bonchev–Trinajstić information content (AvgIpc) is 3.16. The Labute approximate surface area is 181 Å². The van der Waals surface area contributed by atoms with Gasteiger partial charge in [0.1, 0.15) is 0 Å². The first-order valence-corrected chi connectivity index (χ1v) is 11.6. The van der Waals surface area contributed by atoms with Crippen LogP contribution in [-0.2, 0) is 18.8 Å². The van der Waals surface area contributed by atoms with Crippen LogP contribution >= 0.6 is 23.1 Å². The molecule has 1 N–H and O–H groups in total. The van der Waals surface area contributed by atoms with E-state index in [1.165, 1.54) is 5.56 Å². The molecule has 29 heavy (non-hydrogen) atoms. The van der Waals surface area contributed by atoms with Crippen LogP contribution < -0.4 is 5.32 Å². The van der Waals surface area contributed by atoms with Crippen LogP contribution in [0.4, 0.5) is 0 Å². The number of nitrogens with one attached hydrogen (secondary N) is 1. The van der Waals surface area contributed by atoms with Crippen LogP contribution in [0.25, 0.3) is 0 Å². The Morgan fingerprint density at radius 3 is 2.62 bits per heavy atom. The summed E-state index contributed by atoms with van der Waals surface area (Å²) in [5.74, 6) is 0.798. The van der Waals surface area contributed by atoms with E-state index in [0.29, 0.717) is 12.1 Å². The van der Waals surface area contributed by atoms with Crippen molar-refractivity contribution in [2.24, 2.45) is 0 Å². The van der Waals surface area contributed by atoms with Crippen molar-refractivity contribution in [2.45, 2.75) is 37.6 Å². The summed E-state index contributed by atoms with van der Waals surface area (Å²) in [6.45, 7) is 6.62. The van der Waals surface area contributed by atoms with E-state index in [1.54, 1.807) is 23.1 Å². The van der Waals surface area contributed by atoms with E-state index in [0.717, 1.165) is 40.0 Å². The highest BCUT2D eigenvalue weighted by Crippen LogP contribution is 2.24. The summed E-state index contributed by atoms with van der Waals surface area (Å²) >= 11 is 3.41. The molecule has 3 aromatic rings. The number of aryl methyl sites for hydroxylation is 1. The maximum absolute atomic E-state index is 12.5. The van der Waals surface area contributed by atoms with Gasteiger partial charge in [-0.2, -0.15) is 0 Å². The molecule has 2 aromatic carbocycles. The molecule has 0 aliphatic heterocycles. The van der Waals surface area contributed by atoms with Gasteiger partial charge in [0.2, 0.25) is 0 Å². The van der Waals surface area contributed by atoms with Gasteiger partial charge < -0.3 is 10.2 Å². The molecule has 0 saturated heterocycles. The predicted molar refractivity (Wildman–Crippen MR) is 122 cm³/mol. The van der Waals surface area contributed by atoms with Gasteiger partial charge in [-0.15, -0.1) is 23.1 Å². The fourth-order valence-electron chi connectivity index (χ4n) is 2.88. The fourth-order valence-corrected chi connectivity index (χ4v) is 4.39. The van der Waals surface area contributed by atoms with E-state index >= 15 is 0 Å². The Kier molecular flexibility index (Phi) is 7.86. The molecule has 1 aromatic heterocycles. The Balaban J connectivity index is 1.51. The highest BCUT2D eigenvalue weighted by molar-refractivity contribution is 7.98. The summed E-state index contributed by atoms with van der Waals surface area (Å²) < 4.78 is 0. The van der Waals surface area contributed by atoms with Gasteiger partial charge in [0.05, 0.1) is 10.7 Å². The number of amides is 1. The summed E-state index contributed by atoms with van der Waals surface area (Å²) in [4.78, 5) is 20.4. The number of carbonyl (C=O) groups is 1. The molecule has 1 amide bonds. The third kappa shape index (κ3) is 6.70. The molecule has 4 nitrogen and oxygen atoms in total. The van der Waals surface area contributed by atoms with Gasteiger partial charge in [-0.1, -0.05) is 31.2 Å². The molecule has 3 rings (SSSR count). The van der Waals surface area contributed by atoms with Crippen molar-refractivity contribution in [3.05, 3.63) is 81.3 Å². The van der Waals surface area contributed by atoms with E-state index in [2.05, 4.69) is 58.8 Å². The highest BCUT2D eigenvalue weighted by Gasteiger charge is 2.07. The molecule has 0 fully saturated rings. The molecular formula is C23H27N3OS2. The first-order valence-electron chi connectivity index (χ1n) is 9.72. The topological polar surface area (TPSA) is 45.2 Å². The molecular weight excluding hydrogens is 398 g/mol. The highest BCUT2D eigenvalue weighted by atomic mass is 32.2. The van der Waals surface area contributed by atoms with Crippen molar-refractivity contribution in [2.75, 3.05) is 13.6 Å².